The van der Waals surface area contributed by atoms with Gasteiger partial charge in [-0.1, -0.05) is 23.3 Å². The number of benzene rings is 2. The topological polar surface area (TPSA) is 77.2 Å². The Labute approximate surface area is 145 Å². The quantitative estimate of drug-likeness (QED) is 0.770. The van der Waals surface area contributed by atoms with E-state index in [1.807, 2.05) is 6.07 Å². The lowest BCUT2D eigenvalue weighted by Crippen LogP contribution is -2.11. The minimum absolute atomic E-state index is 0.0830. The highest BCUT2D eigenvalue weighted by molar-refractivity contribution is 6.03. The Morgan fingerprint density at radius 2 is 1.84 bits per heavy atom. The summed E-state index contributed by atoms with van der Waals surface area (Å²) in [6.07, 6.45) is 0.520. The maximum Gasteiger partial charge on any atom is 0.322 e. The molecule has 0 unspecified atom stereocenters. The highest BCUT2D eigenvalue weighted by Crippen LogP contribution is 2.16. The number of carbonyl (C=O) groups excluding carboxylic acids is 1. The molecule has 0 saturated carbocycles. The van der Waals surface area contributed by atoms with E-state index < -0.39 is 0 Å². The van der Waals surface area contributed by atoms with Gasteiger partial charge in [-0.05, 0) is 54.8 Å². The van der Waals surface area contributed by atoms with Crippen molar-refractivity contribution in [1.29, 1.82) is 0 Å². The molecule has 128 valence electrons. The summed E-state index contributed by atoms with van der Waals surface area (Å²) in [7, 11) is 1.57. The summed E-state index contributed by atoms with van der Waals surface area (Å²) in [5.41, 5.74) is 4.02. The summed E-state index contributed by atoms with van der Waals surface area (Å²) in [5.74, 6) is 0.822. The van der Waals surface area contributed by atoms with Crippen LogP contribution < -0.4 is 10.1 Å². The van der Waals surface area contributed by atoms with Gasteiger partial charge in [-0.25, -0.2) is 0 Å². The maximum atomic E-state index is 12.2. The zero-order chi connectivity index (χ0) is 17.8. The van der Waals surface area contributed by atoms with Crippen LogP contribution in [0.1, 0.15) is 32.9 Å². The molecule has 0 aliphatic heterocycles. The van der Waals surface area contributed by atoms with Gasteiger partial charge in [0.2, 0.25) is 5.89 Å². The molecule has 3 aromatic rings. The van der Waals surface area contributed by atoms with Gasteiger partial charge in [-0.3, -0.25) is 10.1 Å². The van der Waals surface area contributed by atoms with E-state index >= 15 is 0 Å². The molecule has 1 aromatic heterocycles. The van der Waals surface area contributed by atoms with E-state index in [1.165, 1.54) is 11.1 Å². The van der Waals surface area contributed by atoms with Gasteiger partial charge < -0.3 is 9.15 Å². The molecule has 1 amide bonds. The van der Waals surface area contributed by atoms with E-state index in [-0.39, 0.29) is 11.9 Å². The molecule has 0 fully saturated rings. The number of nitrogens with one attached hydrogen (secondary N) is 1. The molecular weight excluding hydrogens is 318 g/mol. The van der Waals surface area contributed by atoms with Crippen LogP contribution in [0, 0.1) is 13.8 Å². The van der Waals surface area contributed by atoms with Crippen LogP contribution in [-0.4, -0.2) is 23.2 Å². The fraction of sp³-hybridized carbons (Fsp3) is 0.211. The number of rotatable bonds is 5. The van der Waals surface area contributed by atoms with Gasteiger partial charge in [0.15, 0.2) is 0 Å². The van der Waals surface area contributed by atoms with Gasteiger partial charge in [0.05, 0.1) is 13.5 Å². The first-order valence-electron chi connectivity index (χ1n) is 7.89. The van der Waals surface area contributed by atoms with Gasteiger partial charge in [-0.2, -0.15) is 0 Å². The van der Waals surface area contributed by atoms with Crippen molar-refractivity contribution in [3.8, 4) is 5.75 Å². The van der Waals surface area contributed by atoms with E-state index in [9.17, 15) is 4.79 Å². The highest BCUT2D eigenvalue weighted by atomic mass is 16.5. The fourth-order valence-corrected chi connectivity index (χ4v) is 2.38. The number of hydrogen-bond acceptors (Lipinski definition) is 5. The summed E-state index contributed by atoms with van der Waals surface area (Å²) < 4.78 is 10.6. The first kappa shape index (κ1) is 16.7. The summed E-state index contributed by atoms with van der Waals surface area (Å²) >= 11 is 0. The lowest BCUT2D eigenvalue weighted by atomic mass is 10.0. The molecule has 3 rings (SSSR count). The van der Waals surface area contributed by atoms with Crippen LogP contribution in [0.5, 0.6) is 5.75 Å². The first-order chi connectivity index (χ1) is 12.0. The van der Waals surface area contributed by atoms with Crippen molar-refractivity contribution in [3.05, 3.63) is 70.6 Å². The third-order valence-corrected chi connectivity index (χ3v) is 3.97. The van der Waals surface area contributed by atoms with Gasteiger partial charge in [0.25, 0.3) is 5.91 Å². The largest absolute Gasteiger partial charge is 0.497 e. The van der Waals surface area contributed by atoms with Crippen LogP contribution in [0.15, 0.2) is 46.9 Å². The Bertz CT molecular complexity index is 885. The summed E-state index contributed by atoms with van der Waals surface area (Å²) in [4.78, 5) is 12.2. The second-order valence-electron chi connectivity index (χ2n) is 5.78. The molecule has 0 radical (unpaired) electrons. The average molecular weight is 337 g/mol. The molecule has 0 saturated heterocycles. The Balaban J connectivity index is 1.66. The molecule has 0 aliphatic rings. The van der Waals surface area contributed by atoms with Crippen LogP contribution in [-0.2, 0) is 6.42 Å². The van der Waals surface area contributed by atoms with Crippen LogP contribution >= 0.6 is 0 Å². The Kier molecular flexibility index (Phi) is 4.79. The average Bonchev–Trinajstić information content (AvgIpc) is 3.05. The van der Waals surface area contributed by atoms with Crippen LogP contribution in [0.2, 0.25) is 0 Å². The molecule has 1 heterocycles. The number of ether oxygens (including phenoxy) is 1. The molecule has 0 atom stereocenters. The number of carbonyl (C=O) groups is 1. The van der Waals surface area contributed by atoms with E-state index in [0.717, 1.165) is 5.56 Å². The van der Waals surface area contributed by atoms with Crippen molar-refractivity contribution in [3.63, 3.8) is 0 Å². The minimum Gasteiger partial charge on any atom is -0.497 e. The molecule has 0 bridgehead atoms. The van der Waals surface area contributed by atoms with Crippen molar-refractivity contribution in [2.45, 2.75) is 20.3 Å². The molecule has 0 spiro atoms. The number of methoxy groups -OCH3 is 1. The summed E-state index contributed by atoms with van der Waals surface area (Å²) in [6.45, 7) is 4.13. The van der Waals surface area contributed by atoms with Gasteiger partial charge in [-0.15, -0.1) is 5.10 Å². The van der Waals surface area contributed by atoms with Gasteiger partial charge in [0, 0.05) is 5.56 Å². The summed E-state index contributed by atoms with van der Waals surface area (Å²) in [6, 6.07) is 13.0. The summed E-state index contributed by atoms with van der Waals surface area (Å²) in [5, 5.41) is 10.5. The Morgan fingerprint density at radius 1 is 1.08 bits per heavy atom. The lowest BCUT2D eigenvalue weighted by molar-refractivity contribution is 0.102. The smallest absolute Gasteiger partial charge is 0.322 e. The number of amides is 1. The molecule has 0 aliphatic carbocycles. The standard InChI is InChI=1S/C19H19N3O3/c1-12-4-5-14(10-13(12)2)11-17-21-22-19(25-17)20-18(23)15-6-8-16(24-3)9-7-15/h4-10H,11H2,1-3H3,(H,20,22,23). The van der Waals surface area contributed by atoms with Crippen LogP contribution in [0.25, 0.3) is 0 Å². The first-order valence-corrected chi connectivity index (χ1v) is 7.89. The number of nitrogens with zero attached hydrogens (tertiary/aromatic N) is 2. The van der Waals surface area contributed by atoms with E-state index in [4.69, 9.17) is 9.15 Å². The predicted molar refractivity (Wildman–Crippen MR) is 94.0 cm³/mol. The second kappa shape index (κ2) is 7.17. The Morgan fingerprint density at radius 3 is 2.52 bits per heavy atom. The normalized spacial score (nSPS) is 10.5. The molecular formula is C19H19N3O3. The maximum absolute atomic E-state index is 12.2. The van der Waals surface area contributed by atoms with Gasteiger partial charge in [0.1, 0.15) is 5.75 Å². The predicted octanol–water partition coefficient (Wildman–Crippen LogP) is 3.54. The second-order valence-corrected chi connectivity index (χ2v) is 5.78. The number of anilines is 1. The van der Waals surface area contributed by atoms with Crippen molar-refractivity contribution in [1.82, 2.24) is 10.2 Å². The van der Waals surface area contributed by atoms with Crippen molar-refractivity contribution >= 4 is 11.9 Å². The molecule has 1 N–H and O–H groups in total. The van der Waals surface area contributed by atoms with Crippen LogP contribution in [0.3, 0.4) is 0 Å². The number of aromatic nitrogens is 2. The van der Waals surface area contributed by atoms with Crippen molar-refractivity contribution < 1.29 is 13.9 Å². The zero-order valence-corrected chi connectivity index (χ0v) is 14.4. The van der Waals surface area contributed by atoms with Gasteiger partial charge >= 0.3 is 6.01 Å². The number of aryl methyl sites for hydroxylation is 2. The zero-order valence-electron chi connectivity index (χ0n) is 14.4. The lowest BCUT2D eigenvalue weighted by Gasteiger charge is -2.03. The third kappa shape index (κ3) is 4.03. The molecule has 25 heavy (non-hydrogen) atoms. The fourth-order valence-electron chi connectivity index (χ4n) is 2.38. The molecule has 2 aromatic carbocycles. The molecule has 6 heteroatoms. The third-order valence-electron chi connectivity index (χ3n) is 3.97. The van der Waals surface area contributed by atoms with E-state index in [2.05, 4.69) is 41.5 Å². The monoisotopic (exact) mass is 337 g/mol. The molecule has 6 nitrogen and oxygen atoms in total. The van der Waals surface area contributed by atoms with Crippen molar-refractivity contribution in [2.75, 3.05) is 12.4 Å². The van der Waals surface area contributed by atoms with Crippen molar-refractivity contribution in [2.24, 2.45) is 0 Å². The van der Waals surface area contributed by atoms with E-state index in [0.29, 0.717) is 23.6 Å². The van der Waals surface area contributed by atoms with E-state index in [1.54, 1.807) is 31.4 Å². The van der Waals surface area contributed by atoms with Crippen LogP contribution in [0.4, 0.5) is 6.01 Å². The number of hydrogen-bond donors (Lipinski definition) is 1. The Hall–Kier alpha value is -3.15. The highest BCUT2D eigenvalue weighted by Gasteiger charge is 2.12. The SMILES string of the molecule is COc1ccc(C(=O)Nc2nnc(Cc3ccc(C)c(C)c3)o2)cc1. The minimum atomic E-state index is -0.316.